The van der Waals surface area contributed by atoms with Crippen LogP contribution in [0.1, 0.15) is 27.9 Å². The van der Waals surface area contributed by atoms with Gasteiger partial charge < -0.3 is 9.88 Å². The molecule has 0 aliphatic heterocycles. The number of hydrogen-bond acceptors (Lipinski definition) is 2. The van der Waals surface area contributed by atoms with Crippen molar-refractivity contribution in [1.82, 2.24) is 9.99 Å². The standard InChI is InChI=1S/C22H24N4S/c1-16-10-11-18(3)21(13-16)24-22(27)25-23-14-20-9-6-12-26(20)15-19-8-5-4-7-17(19)2/h4-14H,15H2,1-3H3,(H2,24,25,27)/b23-14+. The lowest BCUT2D eigenvalue weighted by Gasteiger charge is -2.11. The van der Waals surface area contributed by atoms with Gasteiger partial charge in [-0.1, -0.05) is 36.4 Å². The number of benzene rings is 2. The number of anilines is 1. The van der Waals surface area contributed by atoms with Crippen molar-refractivity contribution in [1.29, 1.82) is 0 Å². The van der Waals surface area contributed by atoms with Crippen molar-refractivity contribution in [3.05, 3.63) is 88.7 Å². The van der Waals surface area contributed by atoms with Crippen LogP contribution in [0.5, 0.6) is 0 Å². The lowest BCUT2D eigenvalue weighted by atomic mass is 10.1. The largest absolute Gasteiger partial charge is 0.342 e. The Morgan fingerprint density at radius 3 is 2.67 bits per heavy atom. The summed E-state index contributed by atoms with van der Waals surface area (Å²) in [7, 11) is 0. The minimum Gasteiger partial charge on any atom is -0.342 e. The van der Waals surface area contributed by atoms with Crippen LogP contribution in [-0.2, 0) is 6.54 Å². The summed E-state index contributed by atoms with van der Waals surface area (Å²) in [5.41, 5.74) is 9.80. The Hall–Kier alpha value is -2.92. The zero-order valence-electron chi connectivity index (χ0n) is 15.9. The second kappa shape index (κ2) is 8.64. The van der Waals surface area contributed by atoms with Gasteiger partial charge in [-0.05, 0) is 73.4 Å². The molecule has 138 valence electrons. The number of aryl methyl sites for hydroxylation is 3. The van der Waals surface area contributed by atoms with Gasteiger partial charge >= 0.3 is 0 Å². The molecule has 0 radical (unpaired) electrons. The van der Waals surface area contributed by atoms with Crippen LogP contribution in [0.2, 0.25) is 0 Å². The SMILES string of the molecule is Cc1ccc(C)c(NC(=S)N/N=C/c2cccn2Cc2ccccc2C)c1. The average molecular weight is 377 g/mol. The number of aromatic nitrogens is 1. The molecule has 4 nitrogen and oxygen atoms in total. The van der Waals surface area contributed by atoms with E-state index in [1.165, 1.54) is 16.7 Å². The molecule has 0 spiro atoms. The molecule has 0 bridgehead atoms. The van der Waals surface area contributed by atoms with Crippen molar-refractivity contribution in [3.63, 3.8) is 0 Å². The lowest BCUT2D eigenvalue weighted by molar-refractivity contribution is 0.793. The Labute approximate surface area is 165 Å². The predicted octanol–water partition coefficient (Wildman–Crippen LogP) is 4.78. The summed E-state index contributed by atoms with van der Waals surface area (Å²) in [6.45, 7) is 7.05. The fourth-order valence-corrected chi connectivity index (χ4v) is 3.00. The average Bonchev–Trinajstić information content (AvgIpc) is 3.07. The number of rotatable bonds is 5. The van der Waals surface area contributed by atoms with Gasteiger partial charge in [0.25, 0.3) is 0 Å². The first kappa shape index (κ1) is 18.9. The van der Waals surface area contributed by atoms with Gasteiger partial charge in [-0.3, -0.25) is 5.43 Å². The molecule has 0 aliphatic carbocycles. The molecule has 2 aromatic carbocycles. The summed E-state index contributed by atoms with van der Waals surface area (Å²) in [4.78, 5) is 0. The van der Waals surface area contributed by atoms with Crippen molar-refractivity contribution in [2.45, 2.75) is 27.3 Å². The molecule has 0 aliphatic rings. The highest BCUT2D eigenvalue weighted by molar-refractivity contribution is 7.80. The minimum absolute atomic E-state index is 0.469. The van der Waals surface area contributed by atoms with Crippen molar-refractivity contribution in [2.24, 2.45) is 5.10 Å². The number of nitrogens with zero attached hydrogens (tertiary/aromatic N) is 2. The molecule has 27 heavy (non-hydrogen) atoms. The molecule has 3 aromatic rings. The van der Waals surface area contributed by atoms with E-state index in [9.17, 15) is 0 Å². The third-order valence-electron chi connectivity index (χ3n) is 4.47. The van der Waals surface area contributed by atoms with Crippen molar-refractivity contribution >= 4 is 29.2 Å². The molecule has 1 heterocycles. The van der Waals surface area contributed by atoms with Crippen LogP contribution in [0.25, 0.3) is 0 Å². The maximum absolute atomic E-state index is 5.35. The molecule has 0 unspecified atom stereocenters. The zero-order chi connectivity index (χ0) is 19.2. The normalized spacial score (nSPS) is 10.9. The van der Waals surface area contributed by atoms with Crippen LogP contribution in [0.15, 0.2) is 65.9 Å². The van der Waals surface area contributed by atoms with E-state index in [4.69, 9.17) is 12.2 Å². The summed E-state index contributed by atoms with van der Waals surface area (Å²) in [5, 5.41) is 7.95. The maximum Gasteiger partial charge on any atom is 0.191 e. The maximum atomic E-state index is 5.35. The molecule has 0 fully saturated rings. The smallest absolute Gasteiger partial charge is 0.191 e. The molecule has 0 saturated heterocycles. The Balaban J connectivity index is 1.62. The molecule has 0 atom stereocenters. The second-order valence-corrected chi connectivity index (χ2v) is 7.04. The number of hydrazone groups is 1. The van der Waals surface area contributed by atoms with Gasteiger partial charge in [0.15, 0.2) is 5.11 Å². The van der Waals surface area contributed by atoms with E-state index >= 15 is 0 Å². The first-order chi connectivity index (χ1) is 13.0. The van der Waals surface area contributed by atoms with Crippen molar-refractivity contribution < 1.29 is 0 Å². The minimum atomic E-state index is 0.469. The Morgan fingerprint density at radius 1 is 1.04 bits per heavy atom. The van der Waals surface area contributed by atoms with Crippen LogP contribution >= 0.6 is 12.2 Å². The van der Waals surface area contributed by atoms with E-state index in [2.05, 4.69) is 82.9 Å². The van der Waals surface area contributed by atoms with Crippen molar-refractivity contribution in [2.75, 3.05) is 5.32 Å². The third kappa shape index (κ3) is 5.05. The van der Waals surface area contributed by atoms with Gasteiger partial charge in [-0.15, -0.1) is 0 Å². The second-order valence-electron chi connectivity index (χ2n) is 6.63. The van der Waals surface area contributed by atoms with Gasteiger partial charge in [-0.2, -0.15) is 5.10 Å². The molecule has 5 heteroatoms. The summed E-state index contributed by atoms with van der Waals surface area (Å²) in [6.07, 6.45) is 3.84. The number of thiocarbonyl (C=S) groups is 1. The van der Waals surface area contributed by atoms with Crippen molar-refractivity contribution in [3.8, 4) is 0 Å². The fourth-order valence-electron chi connectivity index (χ4n) is 2.84. The number of nitrogens with one attached hydrogen (secondary N) is 2. The Bertz CT molecular complexity index is 972. The summed E-state index contributed by atoms with van der Waals surface area (Å²) in [5.74, 6) is 0. The molecule has 0 saturated carbocycles. The quantitative estimate of drug-likeness (QED) is 0.382. The lowest BCUT2D eigenvalue weighted by Crippen LogP contribution is -2.24. The van der Waals surface area contributed by atoms with E-state index in [1.54, 1.807) is 6.21 Å². The Kier molecular flexibility index (Phi) is 6.04. The monoisotopic (exact) mass is 376 g/mol. The van der Waals surface area contributed by atoms with E-state index in [1.807, 2.05) is 19.1 Å². The topological polar surface area (TPSA) is 41.4 Å². The van der Waals surface area contributed by atoms with E-state index < -0.39 is 0 Å². The highest BCUT2D eigenvalue weighted by Crippen LogP contribution is 2.16. The highest BCUT2D eigenvalue weighted by atomic mass is 32.1. The first-order valence-corrected chi connectivity index (χ1v) is 9.31. The third-order valence-corrected chi connectivity index (χ3v) is 4.66. The molecular formula is C22H24N4S. The van der Waals surface area contributed by atoms with Gasteiger partial charge in [-0.25, -0.2) is 0 Å². The van der Waals surface area contributed by atoms with Crippen LogP contribution in [0.3, 0.4) is 0 Å². The molecule has 3 rings (SSSR count). The van der Waals surface area contributed by atoms with Gasteiger partial charge in [0.1, 0.15) is 0 Å². The predicted molar refractivity (Wildman–Crippen MR) is 118 cm³/mol. The van der Waals surface area contributed by atoms with Crippen LogP contribution in [0, 0.1) is 20.8 Å². The summed E-state index contributed by atoms with van der Waals surface area (Å²) in [6, 6.07) is 18.7. The fraction of sp³-hybridized carbons (Fsp3) is 0.182. The van der Waals surface area contributed by atoms with Crippen LogP contribution < -0.4 is 10.7 Å². The Morgan fingerprint density at radius 2 is 1.85 bits per heavy atom. The van der Waals surface area contributed by atoms with E-state index in [-0.39, 0.29) is 0 Å². The molecular weight excluding hydrogens is 352 g/mol. The number of hydrogen-bond donors (Lipinski definition) is 2. The van der Waals surface area contributed by atoms with Gasteiger partial charge in [0, 0.05) is 18.4 Å². The van der Waals surface area contributed by atoms with E-state index in [0.29, 0.717) is 5.11 Å². The zero-order valence-corrected chi connectivity index (χ0v) is 16.7. The molecule has 2 N–H and O–H groups in total. The summed E-state index contributed by atoms with van der Waals surface area (Å²) >= 11 is 5.35. The summed E-state index contributed by atoms with van der Waals surface area (Å²) < 4.78 is 2.16. The van der Waals surface area contributed by atoms with Crippen LogP contribution in [-0.4, -0.2) is 15.9 Å². The first-order valence-electron chi connectivity index (χ1n) is 8.90. The van der Waals surface area contributed by atoms with Gasteiger partial charge in [0.05, 0.1) is 11.9 Å². The molecule has 1 aromatic heterocycles. The van der Waals surface area contributed by atoms with Crippen LogP contribution in [0.4, 0.5) is 5.69 Å². The van der Waals surface area contributed by atoms with E-state index in [0.717, 1.165) is 23.5 Å². The molecule has 0 amide bonds. The highest BCUT2D eigenvalue weighted by Gasteiger charge is 2.03. The van der Waals surface area contributed by atoms with Gasteiger partial charge in [0.2, 0.25) is 0 Å².